The second kappa shape index (κ2) is 10.1. The number of likely N-dealkylation sites (tertiary alicyclic amines) is 1. The van der Waals surface area contributed by atoms with Crippen molar-refractivity contribution in [1.29, 1.82) is 0 Å². The highest BCUT2D eigenvalue weighted by Gasteiger charge is 2.23. The summed E-state index contributed by atoms with van der Waals surface area (Å²) in [6, 6.07) is 11.9. The summed E-state index contributed by atoms with van der Waals surface area (Å²) in [5, 5.41) is 20.4. The molecule has 3 aromatic rings. The first-order valence-corrected chi connectivity index (χ1v) is 10.9. The van der Waals surface area contributed by atoms with Crippen LogP contribution in [-0.4, -0.2) is 57.1 Å². The third kappa shape index (κ3) is 5.52. The fourth-order valence-electron chi connectivity index (χ4n) is 3.75. The Hall–Kier alpha value is -2.68. The number of hydrogen-bond donors (Lipinski definition) is 2. The van der Waals surface area contributed by atoms with Gasteiger partial charge in [0.1, 0.15) is 11.5 Å². The molecule has 1 amide bonds. The third-order valence-electron chi connectivity index (χ3n) is 5.44. The highest BCUT2D eigenvalue weighted by molar-refractivity contribution is 6.30. The fourth-order valence-corrected chi connectivity index (χ4v) is 3.94. The first-order chi connectivity index (χ1) is 15.1. The molecule has 1 fully saturated rings. The number of hydrogen-bond acceptors (Lipinski definition) is 6. The number of nitrogens with zero attached hydrogens (tertiary/aromatic N) is 4. The zero-order chi connectivity index (χ0) is 21.6. The van der Waals surface area contributed by atoms with E-state index in [2.05, 4.69) is 20.5 Å². The largest absolute Gasteiger partial charge is 0.460 e. The Morgan fingerprint density at radius 1 is 1.26 bits per heavy atom. The monoisotopic (exact) mass is 443 g/mol. The van der Waals surface area contributed by atoms with E-state index in [4.69, 9.17) is 21.1 Å². The normalized spacial score (nSPS) is 15.3. The number of carbonyl (C=O) groups is 1. The van der Waals surface area contributed by atoms with E-state index in [0.717, 1.165) is 49.6 Å². The van der Waals surface area contributed by atoms with Crippen LogP contribution in [0.4, 0.5) is 0 Å². The summed E-state index contributed by atoms with van der Waals surface area (Å²) in [5.74, 6) is 1.49. The summed E-state index contributed by atoms with van der Waals surface area (Å²) < 4.78 is 7.82. The molecule has 0 radical (unpaired) electrons. The average molecular weight is 444 g/mol. The fraction of sp³-hybridized carbons (Fsp3) is 0.409. The number of benzene rings is 1. The quantitative estimate of drug-likeness (QED) is 0.519. The van der Waals surface area contributed by atoms with E-state index in [1.54, 1.807) is 10.9 Å². The van der Waals surface area contributed by atoms with Gasteiger partial charge >= 0.3 is 0 Å². The molecule has 1 aliphatic rings. The number of aliphatic hydroxyl groups is 1. The van der Waals surface area contributed by atoms with Gasteiger partial charge in [0.25, 0.3) is 5.91 Å². The zero-order valence-electron chi connectivity index (χ0n) is 17.2. The molecule has 0 atom stereocenters. The molecule has 164 valence electrons. The van der Waals surface area contributed by atoms with Gasteiger partial charge in [0.2, 0.25) is 0 Å². The Morgan fingerprint density at radius 2 is 2.10 bits per heavy atom. The summed E-state index contributed by atoms with van der Waals surface area (Å²) in [6.07, 6.45) is 4.08. The number of rotatable bonds is 8. The van der Waals surface area contributed by atoms with Gasteiger partial charge in [-0.25, -0.2) is 4.68 Å². The van der Waals surface area contributed by atoms with Gasteiger partial charge in [0.05, 0.1) is 18.8 Å². The van der Waals surface area contributed by atoms with E-state index < -0.39 is 0 Å². The van der Waals surface area contributed by atoms with Crippen LogP contribution in [0.15, 0.2) is 47.0 Å². The highest BCUT2D eigenvalue weighted by Crippen LogP contribution is 2.27. The molecule has 0 aliphatic carbocycles. The van der Waals surface area contributed by atoms with Crippen molar-refractivity contribution in [2.75, 3.05) is 26.2 Å². The highest BCUT2D eigenvalue weighted by atomic mass is 35.5. The van der Waals surface area contributed by atoms with Crippen LogP contribution in [0.5, 0.6) is 0 Å². The van der Waals surface area contributed by atoms with Crippen molar-refractivity contribution >= 4 is 17.5 Å². The molecule has 0 saturated carbocycles. The molecule has 31 heavy (non-hydrogen) atoms. The maximum absolute atomic E-state index is 12.1. The van der Waals surface area contributed by atoms with Crippen LogP contribution in [0.2, 0.25) is 5.02 Å². The van der Waals surface area contributed by atoms with Gasteiger partial charge in [0.15, 0.2) is 5.69 Å². The molecule has 2 aromatic heterocycles. The van der Waals surface area contributed by atoms with E-state index in [9.17, 15) is 4.79 Å². The molecule has 3 heterocycles. The predicted octanol–water partition coefficient (Wildman–Crippen LogP) is 3.14. The van der Waals surface area contributed by atoms with Crippen LogP contribution < -0.4 is 5.32 Å². The van der Waals surface area contributed by atoms with Crippen molar-refractivity contribution in [1.82, 2.24) is 25.2 Å². The van der Waals surface area contributed by atoms with Crippen molar-refractivity contribution in [3.8, 4) is 11.3 Å². The molecule has 8 nitrogen and oxygen atoms in total. The van der Waals surface area contributed by atoms with Gasteiger partial charge in [0, 0.05) is 36.8 Å². The number of amides is 1. The molecular weight excluding hydrogens is 418 g/mol. The Kier molecular flexibility index (Phi) is 7.01. The van der Waals surface area contributed by atoms with Crippen LogP contribution >= 0.6 is 11.6 Å². The first-order valence-electron chi connectivity index (χ1n) is 10.5. The summed E-state index contributed by atoms with van der Waals surface area (Å²) in [4.78, 5) is 14.4. The van der Waals surface area contributed by atoms with Crippen LogP contribution in [0.3, 0.4) is 0 Å². The molecule has 1 aliphatic heterocycles. The van der Waals surface area contributed by atoms with Gasteiger partial charge < -0.3 is 14.8 Å². The first kappa shape index (κ1) is 21.5. The number of halogens is 1. The van der Waals surface area contributed by atoms with E-state index in [-0.39, 0.29) is 18.6 Å². The second-order valence-electron chi connectivity index (χ2n) is 7.70. The van der Waals surface area contributed by atoms with Crippen molar-refractivity contribution in [3.63, 3.8) is 0 Å². The molecule has 1 saturated heterocycles. The summed E-state index contributed by atoms with van der Waals surface area (Å²) >= 11 is 6.08. The number of aromatic nitrogens is 3. The second-order valence-corrected chi connectivity index (χ2v) is 8.14. The van der Waals surface area contributed by atoms with Crippen LogP contribution in [0, 0.1) is 0 Å². The summed E-state index contributed by atoms with van der Waals surface area (Å²) in [5.41, 5.74) is 1.28. The minimum atomic E-state index is -0.259. The number of furan rings is 1. The SMILES string of the molecule is O=C(NCCCO)c1cn(C2CCN(Cc3ccc(-c4cccc(Cl)c4)o3)CC2)nn1. The average Bonchev–Trinajstić information content (AvgIpc) is 3.45. The number of nitrogens with one attached hydrogen (secondary N) is 1. The summed E-state index contributed by atoms with van der Waals surface area (Å²) in [6.45, 7) is 3.05. The van der Waals surface area contributed by atoms with Crippen molar-refractivity contribution < 1.29 is 14.3 Å². The van der Waals surface area contributed by atoms with Crippen molar-refractivity contribution in [2.24, 2.45) is 0 Å². The Balaban J connectivity index is 1.28. The Labute approximate surface area is 185 Å². The molecule has 2 N–H and O–H groups in total. The molecule has 4 rings (SSSR count). The number of aliphatic hydroxyl groups excluding tert-OH is 1. The van der Waals surface area contributed by atoms with Gasteiger partial charge in [-0.15, -0.1) is 5.10 Å². The zero-order valence-corrected chi connectivity index (χ0v) is 18.0. The maximum Gasteiger partial charge on any atom is 0.273 e. The van der Waals surface area contributed by atoms with E-state index in [1.807, 2.05) is 36.4 Å². The van der Waals surface area contributed by atoms with E-state index in [1.165, 1.54) is 0 Å². The van der Waals surface area contributed by atoms with Crippen molar-refractivity contribution in [2.45, 2.75) is 31.8 Å². The predicted molar refractivity (Wildman–Crippen MR) is 117 cm³/mol. The lowest BCUT2D eigenvalue weighted by Crippen LogP contribution is -2.34. The lowest BCUT2D eigenvalue weighted by Gasteiger charge is -2.31. The molecular formula is C22H26ClN5O3. The molecule has 0 unspecified atom stereocenters. The molecule has 9 heteroatoms. The number of carbonyl (C=O) groups excluding carboxylic acids is 1. The van der Waals surface area contributed by atoms with Gasteiger partial charge in [-0.2, -0.15) is 0 Å². The van der Waals surface area contributed by atoms with Crippen LogP contribution in [0.25, 0.3) is 11.3 Å². The van der Waals surface area contributed by atoms with Crippen LogP contribution in [0.1, 0.15) is 41.6 Å². The van der Waals surface area contributed by atoms with E-state index >= 15 is 0 Å². The lowest BCUT2D eigenvalue weighted by atomic mass is 10.1. The van der Waals surface area contributed by atoms with Crippen LogP contribution in [-0.2, 0) is 6.54 Å². The Morgan fingerprint density at radius 3 is 2.87 bits per heavy atom. The van der Waals surface area contributed by atoms with Gasteiger partial charge in [-0.1, -0.05) is 28.9 Å². The minimum Gasteiger partial charge on any atom is -0.460 e. The molecule has 0 spiro atoms. The number of piperidine rings is 1. The summed E-state index contributed by atoms with van der Waals surface area (Å²) in [7, 11) is 0. The van der Waals surface area contributed by atoms with Gasteiger partial charge in [-0.05, 0) is 43.5 Å². The smallest absolute Gasteiger partial charge is 0.273 e. The standard InChI is InChI=1S/C22H26ClN5O3/c23-17-4-1-3-16(13-17)21-6-5-19(31-21)14-27-10-7-18(8-11-27)28-15-20(25-26-28)22(30)24-9-2-12-29/h1,3-6,13,15,18,29H,2,7-12,14H2,(H,24,30). The van der Waals surface area contributed by atoms with Gasteiger partial charge in [-0.3, -0.25) is 9.69 Å². The third-order valence-corrected chi connectivity index (χ3v) is 5.68. The topological polar surface area (TPSA) is 96.4 Å². The molecule has 1 aromatic carbocycles. The van der Waals surface area contributed by atoms with E-state index in [0.29, 0.717) is 23.7 Å². The molecule has 0 bridgehead atoms. The lowest BCUT2D eigenvalue weighted by molar-refractivity contribution is 0.0946. The minimum absolute atomic E-state index is 0.0471. The maximum atomic E-state index is 12.1. The Bertz CT molecular complexity index is 1010. The van der Waals surface area contributed by atoms with Crippen molar-refractivity contribution in [3.05, 3.63) is 59.1 Å².